The number of aliphatic hydroxyl groups is 1. The Morgan fingerprint density at radius 1 is 1.23 bits per heavy atom. The Bertz CT molecular complexity index is 1020. The van der Waals surface area contributed by atoms with Gasteiger partial charge in [-0.25, -0.2) is 0 Å². The first-order valence-electron chi connectivity index (χ1n) is 7.62. The average Bonchev–Trinajstić information content (AvgIpc) is 2.99. The molecule has 0 aliphatic heterocycles. The Morgan fingerprint density at radius 3 is 2.62 bits per heavy atom. The number of anilines is 1. The fraction of sp³-hybridized carbons (Fsp3) is 0.267. The zero-order valence-electron chi connectivity index (χ0n) is 13.8. The molecule has 0 fully saturated rings. The number of aromatic nitrogens is 4. The molecule has 0 aliphatic carbocycles. The van der Waals surface area contributed by atoms with Crippen molar-refractivity contribution in [1.82, 2.24) is 19.7 Å². The van der Waals surface area contributed by atoms with Crippen molar-refractivity contribution < 1.29 is 22.8 Å². The second-order valence-corrected chi connectivity index (χ2v) is 6.83. The van der Waals surface area contributed by atoms with Crippen molar-refractivity contribution in [1.29, 1.82) is 0 Å². The van der Waals surface area contributed by atoms with Gasteiger partial charge >= 0.3 is 6.01 Å². The molecule has 3 aromatic rings. The van der Waals surface area contributed by atoms with E-state index in [-0.39, 0.29) is 24.1 Å². The Kier molecular flexibility index (Phi) is 5.02. The summed E-state index contributed by atoms with van der Waals surface area (Å²) in [5.41, 5.74) is 1.35. The summed E-state index contributed by atoms with van der Waals surface area (Å²) in [6, 6.07) is 5.92. The highest BCUT2D eigenvalue weighted by atomic mass is 32.2. The van der Waals surface area contributed by atoms with Crippen molar-refractivity contribution in [3.05, 3.63) is 36.0 Å². The number of nitrogens with one attached hydrogen (secondary N) is 1. The second kappa shape index (κ2) is 7.23. The molecule has 0 saturated heterocycles. The molecule has 0 unspecified atom stereocenters. The Morgan fingerprint density at radius 2 is 1.96 bits per heavy atom. The number of rotatable bonds is 7. The van der Waals surface area contributed by atoms with Gasteiger partial charge in [-0.15, -0.1) is 0 Å². The van der Waals surface area contributed by atoms with Gasteiger partial charge < -0.3 is 15.2 Å². The van der Waals surface area contributed by atoms with Crippen molar-refractivity contribution in [2.24, 2.45) is 7.05 Å². The minimum absolute atomic E-state index is 0.0693. The maximum atomic E-state index is 11.1. The number of fused-ring (bicyclic) bond motifs is 1. The summed E-state index contributed by atoms with van der Waals surface area (Å²) in [5.74, 6) is 0.495. The van der Waals surface area contributed by atoms with Gasteiger partial charge in [-0.3, -0.25) is 9.23 Å². The molecule has 1 aromatic carbocycles. The van der Waals surface area contributed by atoms with Gasteiger partial charge in [-0.05, 0) is 17.7 Å². The average molecular weight is 379 g/mol. The van der Waals surface area contributed by atoms with Crippen LogP contribution in [0.4, 0.5) is 5.82 Å². The number of nitrogens with zero attached hydrogens (tertiary/aromatic N) is 4. The quantitative estimate of drug-likeness (QED) is 0.503. The van der Waals surface area contributed by atoms with Crippen molar-refractivity contribution in [3.8, 4) is 6.01 Å². The Balaban J connectivity index is 1.83. The Hall–Kier alpha value is -2.76. The summed E-state index contributed by atoms with van der Waals surface area (Å²) >= 11 is 0. The minimum Gasteiger partial charge on any atom is -0.461 e. The number of aliphatic hydroxyl groups excluding tert-OH is 1. The fourth-order valence-electron chi connectivity index (χ4n) is 2.30. The monoisotopic (exact) mass is 379 g/mol. The predicted molar refractivity (Wildman–Crippen MR) is 92.5 cm³/mol. The van der Waals surface area contributed by atoms with Crippen LogP contribution in [0.25, 0.3) is 11.0 Å². The van der Waals surface area contributed by atoms with Crippen LogP contribution in [0.1, 0.15) is 5.56 Å². The van der Waals surface area contributed by atoms with E-state index >= 15 is 0 Å². The summed E-state index contributed by atoms with van der Waals surface area (Å²) < 4.78 is 38.0. The highest BCUT2D eigenvalue weighted by Gasteiger charge is 2.13. The van der Waals surface area contributed by atoms with Gasteiger partial charge in [0.15, 0.2) is 5.65 Å². The first-order chi connectivity index (χ1) is 12.4. The van der Waals surface area contributed by atoms with Crippen LogP contribution in [0.2, 0.25) is 0 Å². The highest BCUT2D eigenvalue weighted by molar-refractivity contribution is 7.85. The zero-order valence-corrected chi connectivity index (χ0v) is 14.6. The van der Waals surface area contributed by atoms with Crippen molar-refractivity contribution in [2.45, 2.75) is 11.4 Å². The molecule has 3 N–H and O–H groups in total. The number of aryl methyl sites for hydroxylation is 1. The molecule has 0 saturated carbocycles. The second-order valence-electron chi connectivity index (χ2n) is 5.40. The van der Waals surface area contributed by atoms with Crippen molar-refractivity contribution in [3.63, 3.8) is 0 Å². The molecule has 0 atom stereocenters. The molecule has 3 rings (SSSR count). The first-order valence-corrected chi connectivity index (χ1v) is 9.06. The van der Waals surface area contributed by atoms with Crippen LogP contribution in [-0.4, -0.2) is 51.0 Å². The first kappa shape index (κ1) is 18.0. The number of hydrogen-bond acceptors (Lipinski definition) is 8. The van der Waals surface area contributed by atoms with E-state index in [2.05, 4.69) is 20.4 Å². The Labute approximate surface area is 149 Å². The molecular formula is C15H17N5O5S. The molecule has 0 aliphatic rings. The van der Waals surface area contributed by atoms with Gasteiger partial charge in [0.1, 0.15) is 12.4 Å². The summed E-state index contributed by atoms with van der Waals surface area (Å²) in [4.78, 5) is 8.36. The molecule has 0 spiro atoms. The van der Waals surface area contributed by atoms with Gasteiger partial charge in [-0.1, -0.05) is 12.1 Å². The highest BCUT2D eigenvalue weighted by Crippen LogP contribution is 2.23. The van der Waals surface area contributed by atoms with Crippen LogP contribution in [0.5, 0.6) is 6.01 Å². The number of ether oxygens (including phenoxy) is 1. The zero-order chi connectivity index (χ0) is 18.7. The van der Waals surface area contributed by atoms with Crippen LogP contribution < -0.4 is 10.1 Å². The summed E-state index contributed by atoms with van der Waals surface area (Å²) in [7, 11) is -2.48. The molecule has 0 amide bonds. The predicted octanol–water partition coefficient (Wildman–Crippen LogP) is 0.593. The van der Waals surface area contributed by atoms with Crippen LogP contribution in [0.3, 0.4) is 0 Å². The van der Waals surface area contributed by atoms with Gasteiger partial charge in [0.05, 0.1) is 23.1 Å². The van der Waals surface area contributed by atoms with E-state index in [1.54, 1.807) is 30.1 Å². The number of hydrogen-bond donors (Lipinski definition) is 3. The van der Waals surface area contributed by atoms with Crippen LogP contribution in [0.15, 0.2) is 35.4 Å². The van der Waals surface area contributed by atoms with E-state index in [0.717, 1.165) is 5.56 Å². The van der Waals surface area contributed by atoms with E-state index in [4.69, 9.17) is 14.4 Å². The summed E-state index contributed by atoms with van der Waals surface area (Å²) in [6.07, 6.45) is 1.62. The fourth-order valence-corrected chi connectivity index (χ4v) is 2.78. The van der Waals surface area contributed by atoms with E-state index in [0.29, 0.717) is 23.4 Å². The molecule has 138 valence electrons. The largest absolute Gasteiger partial charge is 0.461 e. The van der Waals surface area contributed by atoms with Gasteiger partial charge in [0.2, 0.25) is 0 Å². The van der Waals surface area contributed by atoms with Gasteiger partial charge in [0.25, 0.3) is 10.1 Å². The van der Waals surface area contributed by atoms with Crippen LogP contribution >= 0.6 is 0 Å². The molecule has 10 nitrogen and oxygen atoms in total. The SMILES string of the molecule is Cn1ncc2c(NCc3ccc(S(=O)(=O)O)cc3)nc(OCCO)nc21. The maximum Gasteiger partial charge on any atom is 0.320 e. The van der Waals surface area contributed by atoms with E-state index in [1.165, 1.54) is 12.1 Å². The smallest absolute Gasteiger partial charge is 0.320 e. The molecule has 2 aromatic heterocycles. The third-order valence-corrected chi connectivity index (χ3v) is 4.44. The standard InChI is InChI=1S/C15H17N5O5S/c1-20-14-12(9-17-20)13(18-15(19-14)25-7-6-21)16-8-10-2-4-11(5-3-10)26(22,23)24/h2-5,9,21H,6-8H2,1H3,(H,16,18,19)(H,22,23,24). The minimum atomic E-state index is -4.22. The molecule has 11 heteroatoms. The van der Waals surface area contributed by atoms with Crippen molar-refractivity contribution in [2.75, 3.05) is 18.5 Å². The third-order valence-electron chi connectivity index (χ3n) is 3.58. The van der Waals surface area contributed by atoms with Crippen molar-refractivity contribution >= 4 is 27.0 Å². The normalized spacial score (nSPS) is 11.7. The lowest BCUT2D eigenvalue weighted by molar-refractivity contribution is 0.192. The molecule has 26 heavy (non-hydrogen) atoms. The lowest BCUT2D eigenvalue weighted by Gasteiger charge is -2.09. The summed E-state index contributed by atoms with van der Waals surface area (Å²) in [6.45, 7) is 0.266. The molecule has 2 heterocycles. The molecular weight excluding hydrogens is 362 g/mol. The summed E-state index contributed by atoms with van der Waals surface area (Å²) in [5, 5.41) is 16.9. The van der Waals surface area contributed by atoms with Crippen LogP contribution in [0, 0.1) is 0 Å². The van der Waals surface area contributed by atoms with Gasteiger partial charge in [-0.2, -0.15) is 23.5 Å². The third kappa shape index (κ3) is 3.90. The molecule has 0 radical (unpaired) electrons. The van der Waals surface area contributed by atoms with E-state index in [9.17, 15) is 8.42 Å². The topological polar surface area (TPSA) is 139 Å². The number of benzene rings is 1. The molecule has 0 bridgehead atoms. The van der Waals surface area contributed by atoms with E-state index in [1.807, 2.05) is 0 Å². The van der Waals surface area contributed by atoms with E-state index < -0.39 is 10.1 Å². The lowest BCUT2D eigenvalue weighted by Crippen LogP contribution is -2.08. The lowest BCUT2D eigenvalue weighted by atomic mass is 10.2. The maximum absolute atomic E-state index is 11.1. The van der Waals surface area contributed by atoms with Crippen LogP contribution in [-0.2, 0) is 23.7 Å². The van der Waals surface area contributed by atoms with Gasteiger partial charge in [0, 0.05) is 13.6 Å².